The number of nitrogens with one attached hydrogen (secondary N) is 1. The molecular formula is C10H19NO. The zero-order valence-corrected chi connectivity index (χ0v) is 7.63. The van der Waals surface area contributed by atoms with Crippen LogP contribution in [-0.2, 0) is 0 Å². The maximum absolute atomic E-state index is 8.70. The third-order valence-electron chi connectivity index (χ3n) is 3.57. The van der Waals surface area contributed by atoms with Gasteiger partial charge < -0.3 is 10.4 Å². The van der Waals surface area contributed by atoms with Crippen LogP contribution in [-0.4, -0.2) is 24.3 Å². The lowest BCUT2D eigenvalue weighted by Gasteiger charge is -2.42. The number of aliphatic hydroxyl groups is 1. The monoisotopic (exact) mass is 169 g/mol. The van der Waals surface area contributed by atoms with Crippen LogP contribution < -0.4 is 5.32 Å². The summed E-state index contributed by atoms with van der Waals surface area (Å²) in [7, 11) is 0. The van der Waals surface area contributed by atoms with Gasteiger partial charge in [0, 0.05) is 12.6 Å². The van der Waals surface area contributed by atoms with Gasteiger partial charge in [0.1, 0.15) is 0 Å². The van der Waals surface area contributed by atoms with Crippen LogP contribution >= 0.6 is 0 Å². The predicted molar refractivity (Wildman–Crippen MR) is 48.9 cm³/mol. The van der Waals surface area contributed by atoms with Gasteiger partial charge >= 0.3 is 0 Å². The Balaban J connectivity index is 1.82. The van der Waals surface area contributed by atoms with E-state index in [2.05, 4.69) is 5.32 Å². The van der Waals surface area contributed by atoms with Gasteiger partial charge in [-0.3, -0.25) is 0 Å². The summed E-state index contributed by atoms with van der Waals surface area (Å²) < 4.78 is 0. The largest absolute Gasteiger partial charge is 0.395 e. The van der Waals surface area contributed by atoms with E-state index in [-0.39, 0.29) is 6.61 Å². The van der Waals surface area contributed by atoms with Gasteiger partial charge in [-0.2, -0.15) is 0 Å². The molecule has 2 nitrogen and oxygen atoms in total. The minimum Gasteiger partial charge on any atom is -0.395 e. The van der Waals surface area contributed by atoms with E-state index in [0.29, 0.717) is 0 Å². The second kappa shape index (κ2) is 3.75. The summed E-state index contributed by atoms with van der Waals surface area (Å²) in [6, 6.07) is 0.727. The van der Waals surface area contributed by atoms with Crippen molar-refractivity contribution in [3.8, 4) is 0 Å². The molecular weight excluding hydrogens is 150 g/mol. The van der Waals surface area contributed by atoms with Crippen LogP contribution in [0.1, 0.15) is 32.1 Å². The number of aliphatic hydroxyl groups excluding tert-OH is 1. The fourth-order valence-electron chi connectivity index (χ4n) is 2.88. The third kappa shape index (κ3) is 1.64. The maximum atomic E-state index is 8.70. The molecule has 1 unspecified atom stereocenters. The molecule has 0 aromatic carbocycles. The van der Waals surface area contributed by atoms with Crippen LogP contribution in [0.2, 0.25) is 0 Å². The molecule has 0 radical (unpaired) electrons. The zero-order valence-electron chi connectivity index (χ0n) is 7.63. The van der Waals surface area contributed by atoms with Gasteiger partial charge in [0.15, 0.2) is 0 Å². The first-order valence-electron chi connectivity index (χ1n) is 5.24. The molecule has 3 rings (SSSR count). The Morgan fingerprint density at radius 1 is 1.17 bits per heavy atom. The molecule has 3 saturated carbocycles. The first-order valence-corrected chi connectivity index (χ1v) is 5.24. The van der Waals surface area contributed by atoms with Gasteiger partial charge in [0.25, 0.3) is 0 Å². The molecule has 0 amide bonds. The fourth-order valence-corrected chi connectivity index (χ4v) is 2.88. The average molecular weight is 169 g/mol. The Morgan fingerprint density at radius 3 is 2.42 bits per heavy atom. The summed E-state index contributed by atoms with van der Waals surface area (Å²) in [6.45, 7) is 1.07. The lowest BCUT2D eigenvalue weighted by molar-refractivity contribution is 0.119. The molecule has 2 N–H and O–H groups in total. The summed E-state index contributed by atoms with van der Waals surface area (Å²) in [6.07, 6.45) is 7.14. The highest BCUT2D eigenvalue weighted by Gasteiger charge is 2.34. The van der Waals surface area contributed by atoms with E-state index in [1.54, 1.807) is 0 Å². The number of hydrogen-bond acceptors (Lipinski definition) is 2. The molecule has 3 aliphatic carbocycles. The molecule has 2 bridgehead atoms. The van der Waals surface area contributed by atoms with Crippen molar-refractivity contribution in [1.82, 2.24) is 5.32 Å². The van der Waals surface area contributed by atoms with E-state index in [1.807, 2.05) is 0 Å². The Hall–Kier alpha value is -0.0800. The van der Waals surface area contributed by atoms with Crippen molar-refractivity contribution in [1.29, 1.82) is 0 Å². The van der Waals surface area contributed by atoms with Crippen LogP contribution in [0, 0.1) is 11.8 Å². The van der Waals surface area contributed by atoms with Gasteiger partial charge in [-0.25, -0.2) is 0 Å². The molecule has 12 heavy (non-hydrogen) atoms. The lowest BCUT2D eigenvalue weighted by Crippen LogP contribution is -2.45. The molecule has 1 atom stereocenters. The molecule has 0 aromatic rings. The van der Waals surface area contributed by atoms with E-state index in [4.69, 9.17) is 5.11 Å². The summed E-state index contributed by atoms with van der Waals surface area (Å²) in [5.41, 5.74) is 0. The Morgan fingerprint density at radius 2 is 1.92 bits per heavy atom. The van der Waals surface area contributed by atoms with Crippen LogP contribution in [0.4, 0.5) is 0 Å². The Kier molecular flexibility index (Phi) is 2.66. The van der Waals surface area contributed by atoms with Gasteiger partial charge in [-0.15, -0.1) is 0 Å². The molecule has 2 heteroatoms. The van der Waals surface area contributed by atoms with Gasteiger partial charge in [-0.1, -0.05) is 12.8 Å². The van der Waals surface area contributed by atoms with E-state index in [0.717, 1.165) is 24.4 Å². The van der Waals surface area contributed by atoms with Crippen LogP contribution in [0.5, 0.6) is 0 Å². The fraction of sp³-hybridized carbons (Fsp3) is 1.00. The highest BCUT2D eigenvalue weighted by Crippen LogP contribution is 2.41. The van der Waals surface area contributed by atoms with E-state index in [9.17, 15) is 0 Å². The standard InChI is InChI=1S/C10H19NO/c12-6-5-11-10-7-8-1-3-9(10)4-2-8/h8-12H,1-7H2. The van der Waals surface area contributed by atoms with Gasteiger partial charge in [0.05, 0.1) is 6.61 Å². The zero-order chi connectivity index (χ0) is 8.39. The number of fused-ring (bicyclic) bond motifs is 3. The van der Waals surface area contributed by atoms with Crippen LogP contribution in [0.25, 0.3) is 0 Å². The van der Waals surface area contributed by atoms with Crippen molar-refractivity contribution < 1.29 is 5.11 Å². The average Bonchev–Trinajstić information content (AvgIpc) is 2.17. The van der Waals surface area contributed by atoms with E-state index >= 15 is 0 Å². The second-order valence-electron chi connectivity index (χ2n) is 4.30. The molecule has 0 saturated heterocycles. The summed E-state index contributed by atoms with van der Waals surface area (Å²) >= 11 is 0. The normalized spacial score (nSPS) is 40.2. The summed E-state index contributed by atoms with van der Waals surface area (Å²) in [5.74, 6) is 1.91. The molecule has 0 aliphatic heterocycles. The first-order chi connectivity index (χ1) is 5.90. The van der Waals surface area contributed by atoms with Crippen LogP contribution in [0.15, 0.2) is 0 Å². The molecule has 3 aliphatic rings. The minimum absolute atomic E-state index is 0.286. The molecule has 0 heterocycles. The summed E-state index contributed by atoms with van der Waals surface area (Å²) in [4.78, 5) is 0. The number of rotatable bonds is 3. The Labute approximate surface area is 74.4 Å². The molecule has 0 aromatic heterocycles. The molecule has 3 fully saturated rings. The van der Waals surface area contributed by atoms with Crippen molar-refractivity contribution in [2.75, 3.05) is 13.2 Å². The maximum Gasteiger partial charge on any atom is 0.0556 e. The van der Waals surface area contributed by atoms with Crippen LogP contribution in [0.3, 0.4) is 0 Å². The van der Waals surface area contributed by atoms with E-state index < -0.39 is 0 Å². The SMILES string of the molecule is OCCNC1CC2CCC1CC2. The van der Waals surface area contributed by atoms with Gasteiger partial charge in [0.2, 0.25) is 0 Å². The highest BCUT2D eigenvalue weighted by molar-refractivity contribution is 4.90. The van der Waals surface area contributed by atoms with Crippen molar-refractivity contribution in [3.05, 3.63) is 0 Å². The van der Waals surface area contributed by atoms with Crippen molar-refractivity contribution in [2.45, 2.75) is 38.1 Å². The Bertz CT molecular complexity index is 141. The highest BCUT2D eigenvalue weighted by atomic mass is 16.3. The topological polar surface area (TPSA) is 32.3 Å². The predicted octanol–water partition coefficient (Wildman–Crippen LogP) is 1.15. The quantitative estimate of drug-likeness (QED) is 0.664. The minimum atomic E-state index is 0.286. The third-order valence-corrected chi connectivity index (χ3v) is 3.57. The molecule has 70 valence electrons. The van der Waals surface area contributed by atoms with Crippen molar-refractivity contribution in [3.63, 3.8) is 0 Å². The van der Waals surface area contributed by atoms with Crippen molar-refractivity contribution >= 4 is 0 Å². The van der Waals surface area contributed by atoms with Crippen molar-refractivity contribution in [2.24, 2.45) is 11.8 Å². The lowest BCUT2D eigenvalue weighted by atomic mass is 9.68. The summed E-state index contributed by atoms with van der Waals surface area (Å²) in [5, 5.41) is 12.2. The second-order valence-corrected chi connectivity index (χ2v) is 4.30. The van der Waals surface area contributed by atoms with E-state index in [1.165, 1.54) is 32.1 Å². The first kappa shape index (κ1) is 8.52. The number of hydrogen-bond donors (Lipinski definition) is 2. The smallest absolute Gasteiger partial charge is 0.0556 e. The molecule has 0 spiro atoms. The van der Waals surface area contributed by atoms with Gasteiger partial charge in [-0.05, 0) is 31.1 Å².